The minimum atomic E-state index is -0.0962. The molecule has 3 heterocycles. The van der Waals surface area contributed by atoms with Gasteiger partial charge in [-0.1, -0.05) is 30.3 Å². The average molecular weight is 354 g/mol. The second kappa shape index (κ2) is 7.21. The molecule has 2 aromatic heterocycles. The van der Waals surface area contributed by atoms with Crippen LogP contribution in [-0.2, 0) is 4.74 Å². The van der Waals surface area contributed by atoms with Gasteiger partial charge in [-0.05, 0) is 18.6 Å². The van der Waals surface area contributed by atoms with E-state index in [-0.39, 0.29) is 5.91 Å². The maximum absolute atomic E-state index is 12.8. The van der Waals surface area contributed by atoms with Gasteiger partial charge in [0.05, 0.1) is 18.6 Å². The lowest BCUT2D eigenvalue weighted by atomic mass is 10.1. The fourth-order valence-electron chi connectivity index (χ4n) is 2.83. The third kappa shape index (κ3) is 3.50. The molecule has 6 heteroatoms. The Morgan fingerprint density at radius 1 is 1.24 bits per heavy atom. The van der Waals surface area contributed by atoms with Crippen molar-refractivity contribution in [3.63, 3.8) is 0 Å². The fraction of sp³-hybridized carbons (Fsp3) is 0.263. The van der Waals surface area contributed by atoms with E-state index in [1.807, 2.05) is 42.5 Å². The van der Waals surface area contributed by atoms with Gasteiger partial charge in [-0.2, -0.15) is 0 Å². The monoisotopic (exact) mass is 354 g/mol. The number of ether oxygens (including phenoxy) is 1. The first-order valence-corrected chi connectivity index (χ1v) is 9.09. The molecule has 3 aromatic rings. The van der Waals surface area contributed by atoms with Crippen LogP contribution in [0.15, 0.2) is 53.1 Å². The molecule has 4 rings (SSSR count). The van der Waals surface area contributed by atoms with Crippen LogP contribution in [0.4, 0.5) is 0 Å². The normalized spacial score (nSPS) is 16.9. The zero-order valence-electron chi connectivity index (χ0n) is 13.6. The van der Waals surface area contributed by atoms with E-state index in [0.29, 0.717) is 40.4 Å². The number of amides is 1. The van der Waals surface area contributed by atoms with Crippen molar-refractivity contribution in [1.29, 1.82) is 0 Å². The van der Waals surface area contributed by atoms with Crippen LogP contribution in [0.2, 0.25) is 0 Å². The summed E-state index contributed by atoms with van der Waals surface area (Å²) >= 11 is 1.35. The molecule has 1 saturated heterocycles. The third-order valence-corrected chi connectivity index (χ3v) is 5.26. The second-order valence-corrected chi connectivity index (χ2v) is 6.98. The molecule has 1 aliphatic rings. The van der Waals surface area contributed by atoms with E-state index in [1.54, 1.807) is 6.26 Å². The molecule has 0 radical (unpaired) electrons. The SMILES string of the molecule is O=C(NC[C@H]1CCOC1)c1sc(-c2ccco2)nc1-c1ccccc1. The number of furan rings is 1. The summed E-state index contributed by atoms with van der Waals surface area (Å²) in [7, 11) is 0. The lowest BCUT2D eigenvalue weighted by molar-refractivity contribution is 0.0949. The Balaban J connectivity index is 1.63. The summed E-state index contributed by atoms with van der Waals surface area (Å²) < 4.78 is 10.8. The minimum absolute atomic E-state index is 0.0962. The first kappa shape index (κ1) is 16.1. The highest BCUT2D eigenvalue weighted by Crippen LogP contribution is 2.34. The van der Waals surface area contributed by atoms with Crippen LogP contribution in [0.1, 0.15) is 16.1 Å². The van der Waals surface area contributed by atoms with Gasteiger partial charge in [-0.3, -0.25) is 4.79 Å². The molecular formula is C19H18N2O3S. The Bertz CT molecular complexity index is 837. The van der Waals surface area contributed by atoms with Crippen molar-refractivity contribution in [3.8, 4) is 22.0 Å². The van der Waals surface area contributed by atoms with Crippen LogP contribution >= 0.6 is 11.3 Å². The largest absolute Gasteiger partial charge is 0.462 e. The van der Waals surface area contributed by atoms with Gasteiger partial charge in [-0.25, -0.2) is 4.98 Å². The van der Waals surface area contributed by atoms with Crippen molar-refractivity contribution in [3.05, 3.63) is 53.6 Å². The summed E-state index contributed by atoms with van der Waals surface area (Å²) in [4.78, 5) is 18.0. The minimum Gasteiger partial charge on any atom is -0.462 e. The van der Waals surface area contributed by atoms with Crippen LogP contribution in [0.3, 0.4) is 0 Å². The highest BCUT2D eigenvalue weighted by molar-refractivity contribution is 7.17. The van der Waals surface area contributed by atoms with Crippen LogP contribution in [0.5, 0.6) is 0 Å². The number of hydrogen-bond acceptors (Lipinski definition) is 5. The van der Waals surface area contributed by atoms with Crippen molar-refractivity contribution in [2.45, 2.75) is 6.42 Å². The van der Waals surface area contributed by atoms with Crippen molar-refractivity contribution in [2.75, 3.05) is 19.8 Å². The molecular weight excluding hydrogens is 336 g/mol. The van der Waals surface area contributed by atoms with Gasteiger partial charge in [0.1, 0.15) is 4.88 Å². The fourth-order valence-corrected chi connectivity index (χ4v) is 3.81. The molecule has 1 atom stereocenters. The number of hydrogen-bond donors (Lipinski definition) is 1. The number of aromatic nitrogens is 1. The number of nitrogens with one attached hydrogen (secondary N) is 1. The maximum Gasteiger partial charge on any atom is 0.263 e. The second-order valence-electron chi connectivity index (χ2n) is 5.98. The molecule has 25 heavy (non-hydrogen) atoms. The van der Waals surface area contributed by atoms with Crippen molar-refractivity contribution in [1.82, 2.24) is 10.3 Å². The first-order valence-electron chi connectivity index (χ1n) is 8.27. The van der Waals surface area contributed by atoms with E-state index in [0.717, 1.165) is 18.6 Å². The first-order chi connectivity index (χ1) is 12.3. The standard InChI is InChI=1S/C19H18N2O3S/c22-18(20-11-13-8-10-23-12-13)17-16(14-5-2-1-3-6-14)21-19(25-17)15-7-4-9-24-15/h1-7,9,13H,8,10-12H2,(H,20,22)/t13-/m1/s1. The Kier molecular flexibility index (Phi) is 4.63. The molecule has 1 amide bonds. The summed E-state index contributed by atoms with van der Waals surface area (Å²) in [6.45, 7) is 2.12. The van der Waals surface area contributed by atoms with E-state index in [1.165, 1.54) is 11.3 Å². The Morgan fingerprint density at radius 2 is 2.12 bits per heavy atom. The molecule has 128 valence electrons. The summed E-state index contributed by atoms with van der Waals surface area (Å²) in [6.07, 6.45) is 2.60. The predicted octanol–water partition coefficient (Wildman–Crippen LogP) is 3.84. The lowest BCUT2D eigenvalue weighted by Gasteiger charge is -2.09. The number of carbonyl (C=O) groups excluding carboxylic acids is 1. The van der Waals surface area contributed by atoms with E-state index in [4.69, 9.17) is 9.15 Å². The van der Waals surface area contributed by atoms with Gasteiger partial charge >= 0.3 is 0 Å². The maximum atomic E-state index is 12.8. The van der Waals surface area contributed by atoms with E-state index < -0.39 is 0 Å². The molecule has 0 saturated carbocycles. The van der Waals surface area contributed by atoms with E-state index in [2.05, 4.69) is 10.3 Å². The molecule has 1 aliphatic heterocycles. The van der Waals surface area contributed by atoms with Gasteiger partial charge < -0.3 is 14.5 Å². The van der Waals surface area contributed by atoms with Gasteiger partial charge in [0.2, 0.25) is 0 Å². The van der Waals surface area contributed by atoms with Crippen LogP contribution in [0, 0.1) is 5.92 Å². The molecule has 5 nitrogen and oxygen atoms in total. The van der Waals surface area contributed by atoms with Crippen LogP contribution in [-0.4, -0.2) is 30.6 Å². The number of rotatable bonds is 5. The highest BCUT2D eigenvalue weighted by atomic mass is 32.1. The van der Waals surface area contributed by atoms with Crippen molar-refractivity contribution >= 4 is 17.2 Å². The topological polar surface area (TPSA) is 64.4 Å². The van der Waals surface area contributed by atoms with Gasteiger partial charge in [-0.15, -0.1) is 11.3 Å². The third-order valence-electron chi connectivity index (χ3n) is 4.19. The number of carbonyl (C=O) groups is 1. The number of nitrogens with zero attached hydrogens (tertiary/aromatic N) is 1. The van der Waals surface area contributed by atoms with Crippen molar-refractivity contribution in [2.24, 2.45) is 5.92 Å². The Labute approximate surface area is 149 Å². The van der Waals surface area contributed by atoms with E-state index in [9.17, 15) is 4.79 Å². The number of thiazole rings is 1. The van der Waals surface area contributed by atoms with Crippen molar-refractivity contribution < 1.29 is 13.9 Å². The smallest absolute Gasteiger partial charge is 0.263 e. The van der Waals surface area contributed by atoms with Crippen LogP contribution < -0.4 is 5.32 Å². The predicted molar refractivity (Wildman–Crippen MR) is 96.5 cm³/mol. The molecule has 1 fully saturated rings. The lowest BCUT2D eigenvalue weighted by Crippen LogP contribution is -2.29. The Hall–Kier alpha value is -2.44. The molecule has 0 spiro atoms. The molecule has 0 unspecified atom stereocenters. The molecule has 0 aliphatic carbocycles. The summed E-state index contributed by atoms with van der Waals surface area (Å²) in [5.74, 6) is 0.966. The van der Waals surface area contributed by atoms with E-state index >= 15 is 0 Å². The zero-order valence-corrected chi connectivity index (χ0v) is 14.4. The van der Waals surface area contributed by atoms with Gasteiger partial charge in [0, 0.05) is 24.6 Å². The summed E-state index contributed by atoms with van der Waals surface area (Å²) in [5, 5.41) is 3.74. The molecule has 1 aromatic carbocycles. The summed E-state index contributed by atoms with van der Waals surface area (Å²) in [6, 6.07) is 13.4. The molecule has 1 N–H and O–H groups in total. The zero-order chi connectivity index (χ0) is 17.1. The van der Waals surface area contributed by atoms with Gasteiger partial charge in [0.25, 0.3) is 5.91 Å². The van der Waals surface area contributed by atoms with Crippen LogP contribution in [0.25, 0.3) is 22.0 Å². The molecule has 0 bridgehead atoms. The average Bonchev–Trinajstić information content (AvgIpc) is 3.41. The number of benzene rings is 1. The highest BCUT2D eigenvalue weighted by Gasteiger charge is 2.23. The summed E-state index contributed by atoms with van der Waals surface area (Å²) in [5.41, 5.74) is 1.61. The quantitative estimate of drug-likeness (QED) is 0.756. The van der Waals surface area contributed by atoms with Gasteiger partial charge in [0.15, 0.2) is 10.8 Å². The Morgan fingerprint density at radius 3 is 2.84 bits per heavy atom.